The molecule has 0 saturated carbocycles. The topological polar surface area (TPSA) is 62.6 Å². The van der Waals surface area contributed by atoms with Crippen LogP contribution in [0.1, 0.15) is 29.4 Å². The van der Waals surface area contributed by atoms with Crippen molar-refractivity contribution in [2.45, 2.75) is 18.9 Å². The summed E-state index contributed by atoms with van der Waals surface area (Å²) in [6, 6.07) is 12.1. The van der Waals surface area contributed by atoms with Crippen LogP contribution in [0.3, 0.4) is 0 Å². The van der Waals surface area contributed by atoms with Crippen LogP contribution in [-0.4, -0.2) is 77.9 Å². The van der Waals surface area contributed by atoms with Gasteiger partial charge in [0.15, 0.2) is 0 Å². The highest BCUT2D eigenvalue weighted by Gasteiger charge is 2.24. The van der Waals surface area contributed by atoms with E-state index in [-0.39, 0.29) is 18.3 Å². The number of piperazine rings is 1. The summed E-state index contributed by atoms with van der Waals surface area (Å²) in [7, 11) is 0. The minimum atomic E-state index is 0. The number of para-hydroxylation sites is 1. The number of piperidine rings is 1. The van der Waals surface area contributed by atoms with E-state index in [9.17, 15) is 4.79 Å². The molecule has 4 rings (SSSR count). The van der Waals surface area contributed by atoms with Gasteiger partial charge in [-0.15, -0.1) is 12.4 Å². The third kappa shape index (κ3) is 5.72. The standard InChI is InChI=1S/C21H29N5O2.ClH/c27-21(20-8-10-26(23-20)18-5-4-9-22-17-18)25-13-11-24(12-14-25)15-16-28-19-6-2-1-3-7-19;/h1-3,6-8,10,18,22H,4-5,9,11-17H2;1H. The van der Waals surface area contributed by atoms with Crippen molar-refractivity contribution in [1.82, 2.24) is 24.9 Å². The lowest BCUT2D eigenvalue weighted by Crippen LogP contribution is -2.49. The van der Waals surface area contributed by atoms with E-state index in [4.69, 9.17) is 4.74 Å². The minimum absolute atomic E-state index is 0. The molecule has 1 aromatic heterocycles. The molecule has 29 heavy (non-hydrogen) atoms. The van der Waals surface area contributed by atoms with Gasteiger partial charge < -0.3 is 15.0 Å². The fourth-order valence-corrected chi connectivity index (χ4v) is 3.86. The smallest absolute Gasteiger partial charge is 0.274 e. The van der Waals surface area contributed by atoms with E-state index in [1.54, 1.807) is 0 Å². The number of aromatic nitrogens is 2. The van der Waals surface area contributed by atoms with Gasteiger partial charge in [0.1, 0.15) is 18.1 Å². The first-order valence-electron chi connectivity index (χ1n) is 10.2. The number of ether oxygens (including phenoxy) is 1. The van der Waals surface area contributed by atoms with Gasteiger partial charge in [0, 0.05) is 45.5 Å². The van der Waals surface area contributed by atoms with Crippen LogP contribution in [0.25, 0.3) is 0 Å². The normalized spacial score (nSPS) is 20.1. The largest absolute Gasteiger partial charge is 0.492 e. The third-order valence-electron chi connectivity index (χ3n) is 5.55. The summed E-state index contributed by atoms with van der Waals surface area (Å²) in [5.41, 5.74) is 0.562. The molecular weight excluding hydrogens is 390 g/mol. The van der Waals surface area contributed by atoms with Crippen molar-refractivity contribution in [2.24, 2.45) is 0 Å². The first-order valence-corrected chi connectivity index (χ1v) is 10.2. The van der Waals surface area contributed by atoms with Crippen LogP contribution in [0, 0.1) is 0 Å². The van der Waals surface area contributed by atoms with Crippen LogP contribution in [-0.2, 0) is 0 Å². The Morgan fingerprint density at radius 1 is 1.14 bits per heavy atom. The molecule has 158 valence electrons. The Morgan fingerprint density at radius 2 is 1.93 bits per heavy atom. The average molecular weight is 420 g/mol. The minimum Gasteiger partial charge on any atom is -0.492 e. The van der Waals surface area contributed by atoms with Crippen LogP contribution in [0.4, 0.5) is 0 Å². The lowest BCUT2D eigenvalue weighted by Gasteiger charge is -2.34. The van der Waals surface area contributed by atoms with Crippen molar-refractivity contribution in [1.29, 1.82) is 0 Å². The molecular formula is C21H30ClN5O2. The second kappa shape index (κ2) is 10.6. The summed E-state index contributed by atoms with van der Waals surface area (Å²) in [4.78, 5) is 17.1. The second-order valence-corrected chi connectivity index (χ2v) is 7.48. The summed E-state index contributed by atoms with van der Waals surface area (Å²) < 4.78 is 7.73. The maximum Gasteiger partial charge on any atom is 0.274 e. The number of nitrogens with zero attached hydrogens (tertiary/aromatic N) is 4. The summed E-state index contributed by atoms with van der Waals surface area (Å²) in [5.74, 6) is 0.947. The van der Waals surface area contributed by atoms with Crippen molar-refractivity contribution in [3.63, 3.8) is 0 Å². The highest BCUT2D eigenvalue weighted by molar-refractivity contribution is 5.92. The predicted octanol–water partition coefficient (Wildman–Crippen LogP) is 2.07. The van der Waals surface area contributed by atoms with Gasteiger partial charge >= 0.3 is 0 Å². The Labute approximate surface area is 178 Å². The van der Waals surface area contributed by atoms with Crippen molar-refractivity contribution in [2.75, 3.05) is 52.4 Å². The number of halogens is 1. The fourth-order valence-electron chi connectivity index (χ4n) is 3.86. The van der Waals surface area contributed by atoms with Crippen molar-refractivity contribution in [3.05, 3.63) is 48.3 Å². The number of hydrogen-bond donors (Lipinski definition) is 1. The van der Waals surface area contributed by atoms with Crippen LogP contribution in [0.15, 0.2) is 42.6 Å². The number of benzene rings is 1. The molecule has 7 nitrogen and oxygen atoms in total. The highest BCUT2D eigenvalue weighted by atomic mass is 35.5. The van der Waals surface area contributed by atoms with E-state index in [1.165, 1.54) is 0 Å². The van der Waals surface area contributed by atoms with Crippen molar-refractivity contribution < 1.29 is 9.53 Å². The van der Waals surface area contributed by atoms with Gasteiger partial charge in [0.25, 0.3) is 5.91 Å². The van der Waals surface area contributed by atoms with E-state index in [0.29, 0.717) is 18.3 Å². The van der Waals surface area contributed by atoms with E-state index < -0.39 is 0 Å². The number of hydrogen-bond acceptors (Lipinski definition) is 5. The van der Waals surface area contributed by atoms with Gasteiger partial charge in [-0.05, 0) is 37.6 Å². The SMILES string of the molecule is Cl.O=C(c1ccn(C2CCCNC2)n1)N1CCN(CCOc2ccccc2)CC1. The van der Waals surface area contributed by atoms with E-state index in [2.05, 4.69) is 15.3 Å². The zero-order valence-corrected chi connectivity index (χ0v) is 17.5. The Balaban J connectivity index is 0.00000240. The first-order chi connectivity index (χ1) is 13.8. The van der Waals surface area contributed by atoms with Gasteiger partial charge in [-0.25, -0.2) is 0 Å². The van der Waals surface area contributed by atoms with Gasteiger partial charge in [-0.1, -0.05) is 18.2 Å². The number of rotatable bonds is 6. The molecule has 0 spiro atoms. The molecule has 2 aliphatic heterocycles. The van der Waals surface area contributed by atoms with Crippen molar-refractivity contribution >= 4 is 18.3 Å². The molecule has 2 aliphatic rings. The average Bonchev–Trinajstić information content (AvgIpc) is 3.25. The summed E-state index contributed by atoms with van der Waals surface area (Å²) >= 11 is 0. The van der Waals surface area contributed by atoms with Crippen molar-refractivity contribution in [3.8, 4) is 5.75 Å². The molecule has 0 radical (unpaired) electrons. The first kappa shape index (κ1) is 21.6. The number of nitrogens with one attached hydrogen (secondary N) is 1. The van der Waals surface area contributed by atoms with Crippen LogP contribution >= 0.6 is 12.4 Å². The molecule has 2 fully saturated rings. The van der Waals surface area contributed by atoms with Gasteiger partial charge in [0.2, 0.25) is 0 Å². The van der Waals surface area contributed by atoms with Crippen LogP contribution in [0.2, 0.25) is 0 Å². The molecule has 1 amide bonds. The van der Waals surface area contributed by atoms with Crippen LogP contribution in [0.5, 0.6) is 5.75 Å². The molecule has 1 aromatic carbocycles. The Hall–Kier alpha value is -2.09. The van der Waals surface area contributed by atoms with Gasteiger partial charge in [-0.3, -0.25) is 14.4 Å². The third-order valence-corrected chi connectivity index (χ3v) is 5.55. The maximum absolute atomic E-state index is 12.8. The van der Waals surface area contributed by atoms with E-state index >= 15 is 0 Å². The lowest BCUT2D eigenvalue weighted by molar-refractivity contribution is 0.0613. The van der Waals surface area contributed by atoms with E-state index in [1.807, 2.05) is 52.2 Å². The molecule has 1 unspecified atom stereocenters. The van der Waals surface area contributed by atoms with Crippen LogP contribution < -0.4 is 10.1 Å². The molecule has 2 aromatic rings. The zero-order valence-electron chi connectivity index (χ0n) is 16.7. The molecule has 1 atom stereocenters. The molecule has 0 aliphatic carbocycles. The highest BCUT2D eigenvalue weighted by Crippen LogP contribution is 2.17. The summed E-state index contributed by atoms with van der Waals surface area (Å²) in [5, 5.41) is 7.96. The number of amides is 1. The number of carbonyl (C=O) groups excluding carboxylic acids is 1. The molecule has 3 heterocycles. The molecule has 8 heteroatoms. The Morgan fingerprint density at radius 3 is 2.66 bits per heavy atom. The Bertz CT molecular complexity index is 755. The summed E-state index contributed by atoms with van der Waals surface area (Å²) in [6.45, 7) is 6.76. The fraction of sp³-hybridized carbons (Fsp3) is 0.524. The quantitative estimate of drug-likeness (QED) is 0.776. The van der Waals surface area contributed by atoms with E-state index in [0.717, 1.165) is 64.4 Å². The maximum atomic E-state index is 12.8. The monoisotopic (exact) mass is 419 g/mol. The number of carbonyl (C=O) groups is 1. The molecule has 0 bridgehead atoms. The second-order valence-electron chi connectivity index (χ2n) is 7.48. The summed E-state index contributed by atoms with van der Waals surface area (Å²) in [6.07, 6.45) is 4.22. The van der Waals surface area contributed by atoms with Gasteiger partial charge in [-0.2, -0.15) is 5.10 Å². The van der Waals surface area contributed by atoms with Gasteiger partial charge in [0.05, 0.1) is 6.04 Å². The predicted molar refractivity (Wildman–Crippen MR) is 115 cm³/mol. The lowest BCUT2D eigenvalue weighted by atomic mass is 10.1. The Kier molecular flexibility index (Phi) is 7.91. The zero-order chi connectivity index (χ0) is 19.2. The molecule has 2 saturated heterocycles. The molecule has 1 N–H and O–H groups in total.